The van der Waals surface area contributed by atoms with Crippen LogP contribution in [0.3, 0.4) is 0 Å². The van der Waals surface area contributed by atoms with Crippen LogP contribution in [0, 0.1) is 0 Å². The van der Waals surface area contributed by atoms with E-state index in [1.807, 2.05) is 4.89 Å². The zero-order valence-electron chi connectivity index (χ0n) is 8.08. The summed E-state index contributed by atoms with van der Waals surface area (Å²) in [5.41, 5.74) is 0. The van der Waals surface area contributed by atoms with Crippen molar-refractivity contribution in [2.24, 2.45) is 0 Å². The lowest BCUT2D eigenvalue weighted by Gasteiger charge is -2.15. The van der Waals surface area contributed by atoms with Crippen molar-refractivity contribution in [2.75, 3.05) is 12.4 Å². The molecule has 0 fully saturated rings. The van der Waals surface area contributed by atoms with Gasteiger partial charge in [-0.25, -0.2) is 16.8 Å². The summed E-state index contributed by atoms with van der Waals surface area (Å²) >= 11 is 0. The molecule has 16 heavy (non-hydrogen) atoms. The maximum Gasteiger partial charge on any atom is 0.263 e. The Morgan fingerprint density at radius 2 is 1.69 bits per heavy atom. The molecule has 1 aliphatic rings. The molecule has 1 heterocycles. The van der Waals surface area contributed by atoms with Gasteiger partial charge >= 0.3 is 0 Å². The second kappa shape index (κ2) is 3.81. The summed E-state index contributed by atoms with van der Waals surface area (Å²) < 4.78 is 46.8. The quantitative estimate of drug-likeness (QED) is 0.693. The number of hydrogen-bond acceptors (Lipinski definition) is 5. The van der Waals surface area contributed by atoms with E-state index in [0.29, 0.717) is 0 Å². The first-order chi connectivity index (χ1) is 7.43. The highest BCUT2D eigenvalue weighted by Crippen LogP contribution is 2.22. The first-order valence-electron chi connectivity index (χ1n) is 4.39. The van der Waals surface area contributed by atoms with Gasteiger partial charge in [-0.3, -0.25) is 4.84 Å². The molecule has 0 aliphatic carbocycles. The molecule has 1 N–H and O–H groups in total. The summed E-state index contributed by atoms with van der Waals surface area (Å²) in [6.45, 7) is -0.212. The van der Waals surface area contributed by atoms with Gasteiger partial charge in [0.15, 0.2) is 9.84 Å². The fraction of sp³-hybridized carbons (Fsp3) is 0.250. The highest BCUT2D eigenvalue weighted by Gasteiger charge is 2.28. The largest absolute Gasteiger partial charge is 0.286 e. The summed E-state index contributed by atoms with van der Waals surface area (Å²) in [7, 11) is -7.54. The third kappa shape index (κ3) is 1.96. The number of hydrogen-bond donors (Lipinski definition) is 1. The van der Waals surface area contributed by atoms with E-state index < -0.39 is 19.9 Å². The summed E-state index contributed by atoms with van der Waals surface area (Å²) in [5, 5.41) is 0. The van der Waals surface area contributed by atoms with Crippen LogP contribution in [-0.2, 0) is 24.7 Å². The lowest BCUT2D eigenvalue weighted by Crippen LogP contribution is -2.31. The maximum absolute atomic E-state index is 11.8. The smallest absolute Gasteiger partial charge is 0.263 e. The van der Waals surface area contributed by atoms with Crippen LogP contribution in [0.4, 0.5) is 0 Å². The monoisotopic (exact) mass is 263 g/mol. The SMILES string of the molecule is O=S1(=O)CCONS(=O)(=O)c2ccccc21. The Morgan fingerprint density at radius 1 is 1.06 bits per heavy atom. The van der Waals surface area contributed by atoms with Crippen molar-refractivity contribution in [2.45, 2.75) is 9.79 Å². The van der Waals surface area contributed by atoms with E-state index in [1.165, 1.54) is 24.3 Å². The van der Waals surface area contributed by atoms with Crippen molar-refractivity contribution < 1.29 is 21.7 Å². The van der Waals surface area contributed by atoms with Crippen LogP contribution in [0.1, 0.15) is 0 Å². The Kier molecular flexibility index (Phi) is 2.74. The van der Waals surface area contributed by atoms with Gasteiger partial charge in [0.2, 0.25) is 0 Å². The van der Waals surface area contributed by atoms with Crippen molar-refractivity contribution in [1.82, 2.24) is 4.89 Å². The van der Waals surface area contributed by atoms with E-state index >= 15 is 0 Å². The van der Waals surface area contributed by atoms with Crippen LogP contribution in [0.2, 0.25) is 0 Å². The second-order valence-corrected chi connectivity index (χ2v) is 6.89. The molecule has 1 aliphatic heterocycles. The average molecular weight is 263 g/mol. The lowest BCUT2D eigenvalue weighted by atomic mass is 10.4. The Hall–Kier alpha value is -0.960. The molecule has 88 valence electrons. The normalized spacial score (nSPS) is 22.8. The molecule has 2 rings (SSSR count). The highest BCUT2D eigenvalue weighted by molar-refractivity contribution is 7.93. The Balaban J connectivity index is 2.77. The number of nitrogens with one attached hydrogen (secondary N) is 1. The fourth-order valence-electron chi connectivity index (χ4n) is 1.35. The molecule has 0 aromatic heterocycles. The minimum absolute atomic E-state index is 0.189. The van der Waals surface area contributed by atoms with Crippen LogP contribution in [0.5, 0.6) is 0 Å². The van der Waals surface area contributed by atoms with Gasteiger partial charge in [-0.2, -0.15) is 0 Å². The fourth-order valence-corrected chi connectivity index (χ4v) is 4.17. The number of fused-ring (bicyclic) bond motifs is 1. The molecule has 0 bridgehead atoms. The predicted molar refractivity (Wildman–Crippen MR) is 54.8 cm³/mol. The molecular formula is C8H9NO5S2. The predicted octanol–water partition coefficient (Wildman–Crippen LogP) is -0.316. The van der Waals surface area contributed by atoms with E-state index in [-0.39, 0.29) is 22.2 Å². The molecule has 8 heteroatoms. The van der Waals surface area contributed by atoms with Gasteiger partial charge in [0.05, 0.1) is 17.3 Å². The van der Waals surface area contributed by atoms with Crippen LogP contribution in [0.25, 0.3) is 0 Å². The van der Waals surface area contributed by atoms with Gasteiger partial charge in [0, 0.05) is 0 Å². The molecule has 0 saturated carbocycles. The topological polar surface area (TPSA) is 89.5 Å². The van der Waals surface area contributed by atoms with Crippen LogP contribution >= 0.6 is 0 Å². The minimum Gasteiger partial charge on any atom is -0.286 e. The van der Waals surface area contributed by atoms with Gasteiger partial charge < -0.3 is 0 Å². The molecule has 1 aromatic carbocycles. The zero-order valence-corrected chi connectivity index (χ0v) is 9.71. The molecule has 0 spiro atoms. The summed E-state index contributed by atoms with van der Waals surface area (Å²) in [4.78, 5) is 5.96. The van der Waals surface area contributed by atoms with E-state index in [0.717, 1.165) is 0 Å². The second-order valence-electron chi connectivity index (χ2n) is 3.20. The molecule has 0 atom stereocenters. The number of benzene rings is 1. The molecule has 0 amide bonds. The summed E-state index contributed by atoms with van der Waals surface area (Å²) in [6, 6.07) is 5.43. The molecule has 6 nitrogen and oxygen atoms in total. The van der Waals surface area contributed by atoms with E-state index in [1.54, 1.807) is 0 Å². The maximum atomic E-state index is 11.8. The third-order valence-corrected chi connectivity index (χ3v) is 5.23. The standard InChI is InChI=1S/C8H9NO5S2/c10-15(11)6-5-14-9-16(12,13)8-4-2-1-3-7(8)15/h1-4,9H,5-6H2. The van der Waals surface area contributed by atoms with E-state index in [9.17, 15) is 16.8 Å². The summed E-state index contributed by atoms with van der Waals surface area (Å²) in [6.07, 6.45) is 0. The Morgan fingerprint density at radius 3 is 2.38 bits per heavy atom. The number of sulfonamides is 1. The van der Waals surface area contributed by atoms with Gasteiger partial charge in [-0.15, -0.1) is 0 Å². The Bertz CT molecular complexity index is 550. The zero-order chi connectivity index (χ0) is 11.8. The number of rotatable bonds is 0. The first-order valence-corrected chi connectivity index (χ1v) is 7.52. The average Bonchev–Trinajstić information content (AvgIpc) is 2.24. The van der Waals surface area contributed by atoms with Crippen LogP contribution in [-0.4, -0.2) is 29.2 Å². The van der Waals surface area contributed by atoms with Crippen molar-refractivity contribution >= 4 is 19.9 Å². The molecular weight excluding hydrogens is 254 g/mol. The van der Waals surface area contributed by atoms with Gasteiger partial charge in [0.1, 0.15) is 4.90 Å². The molecule has 0 unspecified atom stereocenters. The van der Waals surface area contributed by atoms with Crippen molar-refractivity contribution in [3.05, 3.63) is 24.3 Å². The highest BCUT2D eigenvalue weighted by atomic mass is 32.2. The third-order valence-electron chi connectivity index (χ3n) is 2.10. The minimum atomic E-state index is -3.92. The van der Waals surface area contributed by atoms with Crippen molar-refractivity contribution in [1.29, 1.82) is 0 Å². The van der Waals surface area contributed by atoms with Crippen LogP contribution < -0.4 is 4.89 Å². The van der Waals surface area contributed by atoms with Crippen molar-refractivity contribution in [3.63, 3.8) is 0 Å². The van der Waals surface area contributed by atoms with Gasteiger partial charge in [-0.1, -0.05) is 17.0 Å². The van der Waals surface area contributed by atoms with Gasteiger partial charge in [0.25, 0.3) is 10.0 Å². The molecule has 0 radical (unpaired) electrons. The van der Waals surface area contributed by atoms with E-state index in [2.05, 4.69) is 4.84 Å². The molecule has 0 saturated heterocycles. The first kappa shape index (κ1) is 11.5. The van der Waals surface area contributed by atoms with Gasteiger partial charge in [-0.05, 0) is 12.1 Å². The van der Waals surface area contributed by atoms with E-state index in [4.69, 9.17) is 0 Å². The summed E-state index contributed by atoms with van der Waals surface area (Å²) in [5.74, 6) is -0.257. The number of sulfone groups is 1. The molecule has 1 aromatic rings. The lowest BCUT2D eigenvalue weighted by molar-refractivity contribution is 0.106. The van der Waals surface area contributed by atoms with Crippen molar-refractivity contribution in [3.8, 4) is 0 Å². The Labute approximate surface area is 93.2 Å². The van der Waals surface area contributed by atoms with Crippen LogP contribution in [0.15, 0.2) is 34.1 Å².